The van der Waals surface area contributed by atoms with Crippen LogP contribution in [0.25, 0.3) is 0 Å². The van der Waals surface area contributed by atoms with Crippen molar-refractivity contribution in [2.75, 3.05) is 6.61 Å². The van der Waals surface area contributed by atoms with Gasteiger partial charge in [-0.25, -0.2) is 0 Å². The van der Waals surface area contributed by atoms with Crippen LogP contribution < -0.4 is 0 Å². The summed E-state index contributed by atoms with van der Waals surface area (Å²) in [5, 5.41) is 9.66. The second-order valence-electron chi connectivity index (χ2n) is 4.95. The molecule has 2 aliphatic carbocycles. The zero-order chi connectivity index (χ0) is 13.2. The van der Waals surface area contributed by atoms with Crippen LogP contribution in [0.1, 0.15) is 43.7 Å². The smallest absolute Gasteiger partial charge is 0.0508 e. The van der Waals surface area contributed by atoms with Crippen molar-refractivity contribution in [2.24, 2.45) is 5.41 Å². The second kappa shape index (κ2) is 5.11. The molecule has 1 nitrogen and oxygen atoms in total. The average Bonchev–Trinajstić information content (AvgIpc) is 2.69. The van der Waals surface area contributed by atoms with Crippen molar-refractivity contribution in [2.45, 2.75) is 32.6 Å². The molecule has 0 aromatic heterocycles. The lowest BCUT2D eigenvalue weighted by Crippen LogP contribution is -2.26. The van der Waals surface area contributed by atoms with E-state index in [1.807, 2.05) is 13.8 Å². The molecule has 1 heteroatoms. The van der Waals surface area contributed by atoms with Gasteiger partial charge in [-0.05, 0) is 11.1 Å². The fourth-order valence-electron chi connectivity index (χ4n) is 3.26. The van der Waals surface area contributed by atoms with E-state index in [0.29, 0.717) is 5.92 Å². The molecule has 1 aromatic rings. The SMILES string of the molecule is CC.CC12C=CC=CC1c1ccccc1C2CO. The minimum atomic E-state index is 0.0488. The van der Waals surface area contributed by atoms with Crippen LogP contribution in [0.5, 0.6) is 0 Å². The van der Waals surface area contributed by atoms with Crippen LogP contribution in [-0.4, -0.2) is 11.7 Å². The number of rotatable bonds is 1. The Morgan fingerprint density at radius 1 is 1.11 bits per heavy atom. The molecule has 3 atom stereocenters. The van der Waals surface area contributed by atoms with Crippen LogP contribution in [0.2, 0.25) is 0 Å². The van der Waals surface area contributed by atoms with Crippen LogP contribution >= 0.6 is 0 Å². The molecular formula is C17H22O. The van der Waals surface area contributed by atoms with Gasteiger partial charge in [0.25, 0.3) is 0 Å². The summed E-state index contributed by atoms with van der Waals surface area (Å²) in [6.07, 6.45) is 8.72. The summed E-state index contributed by atoms with van der Waals surface area (Å²) in [6, 6.07) is 8.50. The number of hydrogen-bond acceptors (Lipinski definition) is 1. The summed E-state index contributed by atoms with van der Waals surface area (Å²) in [4.78, 5) is 0. The number of benzene rings is 1. The van der Waals surface area contributed by atoms with E-state index in [-0.39, 0.29) is 17.9 Å². The highest BCUT2D eigenvalue weighted by molar-refractivity contribution is 5.49. The molecule has 0 saturated heterocycles. The molecule has 0 saturated carbocycles. The fourth-order valence-corrected chi connectivity index (χ4v) is 3.26. The van der Waals surface area contributed by atoms with Crippen LogP contribution in [0.15, 0.2) is 48.6 Å². The number of fused-ring (bicyclic) bond motifs is 3. The predicted molar refractivity (Wildman–Crippen MR) is 76.7 cm³/mol. The van der Waals surface area contributed by atoms with Crippen molar-refractivity contribution >= 4 is 0 Å². The summed E-state index contributed by atoms with van der Waals surface area (Å²) in [6.45, 7) is 6.47. The lowest BCUT2D eigenvalue weighted by molar-refractivity contribution is 0.197. The lowest BCUT2D eigenvalue weighted by atomic mass is 9.70. The predicted octanol–water partition coefficient (Wildman–Crippen LogP) is 4.02. The van der Waals surface area contributed by atoms with Crippen molar-refractivity contribution < 1.29 is 5.11 Å². The topological polar surface area (TPSA) is 20.2 Å². The normalized spacial score (nSPS) is 31.3. The van der Waals surface area contributed by atoms with Gasteiger partial charge in [0.1, 0.15) is 0 Å². The van der Waals surface area contributed by atoms with E-state index in [9.17, 15) is 5.11 Å². The lowest BCUT2D eigenvalue weighted by Gasteiger charge is -2.34. The molecule has 0 fully saturated rings. The molecule has 0 heterocycles. The maximum atomic E-state index is 9.66. The summed E-state index contributed by atoms with van der Waals surface area (Å²) in [5.41, 5.74) is 2.74. The molecule has 1 N–H and O–H groups in total. The van der Waals surface area contributed by atoms with Crippen molar-refractivity contribution in [1.82, 2.24) is 0 Å². The molecule has 0 bridgehead atoms. The van der Waals surface area contributed by atoms with E-state index in [2.05, 4.69) is 55.5 Å². The molecule has 0 aliphatic heterocycles. The van der Waals surface area contributed by atoms with Gasteiger partial charge in [0, 0.05) is 17.3 Å². The number of aliphatic hydroxyl groups excluding tert-OH is 1. The third-order valence-corrected chi connectivity index (χ3v) is 4.18. The summed E-state index contributed by atoms with van der Waals surface area (Å²) in [5.74, 6) is 0.653. The zero-order valence-electron chi connectivity index (χ0n) is 11.4. The molecule has 0 radical (unpaired) electrons. The highest BCUT2D eigenvalue weighted by Gasteiger charge is 2.47. The average molecular weight is 242 g/mol. The van der Waals surface area contributed by atoms with Gasteiger partial charge in [-0.3, -0.25) is 0 Å². The van der Waals surface area contributed by atoms with E-state index >= 15 is 0 Å². The Hall–Kier alpha value is -1.34. The quantitative estimate of drug-likeness (QED) is 0.788. The van der Waals surface area contributed by atoms with E-state index in [0.717, 1.165) is 0 Å². The first-order chi connectivity index (χ1) is 8.77. The molecule has 2 aliphatic rings. The van der Waals surface area contributed by atoms with E-state index < -0.39 is 0 Å². The Labute approximate surface area is 110 Å². The highest BCUT2D eigenvalue weighted by atomic mass is 16.3. The van der Waals surface area contributed by atoms with Gasteiger partial charge < -0.3 is 5.11 Å². The van der Waals surface area contributed by atoms with Crippen LogP contribution in [-0.2, 0) is 0 Å². The first-order valence-electron chi connectivity index (χ1n) is 6.83. The molecule has 3 rings (SSSR count). The first-order valence-corrected chi connectivity index (χ1v) is 6.83. The third-order valence-electron chi connectivity index (χ3n) is 4.18. The Bertz CT molecular complexity index is 472. The monoisotopic (exact) mass is 242 g/mol. The van der Waals surface area contributed by atoms with Crippen LogP contribution in [0.3, 0.4) is 0 Å². The van der Waals surface area contributed by atoms with Crippen molar-refractivity contribution in [3.8, 4) is 0 Å². The van der Waals surface area contributed by atoms with Crippen molar-refractivity contribution in [1.29, 1.82) is 0 Å². The number of hydrogen-bond donors (Lipinski definition) is 1. The minimum absolute atomic E-state index is 0.0488. The molecule has 0 amide bonds. The number of allylic oxidation sites excluding steroid dienone is 4. The van der Waals surface area contributed by atoms with Crippen LogP contribution in [0.4, 0.5) is 0 Å². The van der Waals surface area contributed by atoms with Gasteiger partial charge in [-0.1, -0.05) is 69.3 Å². The van der Waals surface area contributed by atoms with Gasteiger partial charge in [-0.15, -0.1) is 0 Å². The van der Waals surface area contributed by atoms with Gasteiger partial charge in [0.05, 0.1) is 6.61 Å². The summed E-state index contributed by atoms with van der Waals surface area (Å²) in [7, 11) is 0. The van der Waals surface area contributed by atoms with Crippen LogP contribution in [0, 0.1) is 5.41 Å². The highest BCUT2D eigenvalue weighted by Crippen LogP contribution is 2.57. The minimum Gasteiger partial charge on any atom is -0.396 e. The van der Waals surface area contributed by atoms with Crippen molar-refractivity contribution in [3.05, 3.63) is 59.7 Å². The molecule has 96 valence electrons. The standard InChI is InChI=1S/C15H16O.C2H6/c1-15-9-5-4-8-13(15)11-6-2-3-7-12(11)14(15)10-16;1-2/h2-9,13-14,16H,10H2,1H3;1-2H3. The maximum Gasteiger partial charge on any atom is 0.0508 e. The van der Waals surface area contributed by atoms with E-state index in [4.69, 9.17) is 0 Å². The van der Waals surface area contributed by atoms with E-state index in [1.165, 1.54) is 11.1 Å². The Morgan fingerprint density at radius 2 is 1.78 bits per heavy atom. The third kappa shape index (κ3) is 1.74. The summed E-state index contributed by atoms with van der Waals surface area (Å²) < 4.78 is 0. The largest absolute Gasteiger partial charge is 0.396 e. The summed E-state index contributed by atoms with van der Waals surface area (Å²) >= 11 is 0. The van der Waals surface area contributed by atoms with E-state index in [1.54, 1.807) is 0 Å². The van der Waals surface area contributed by atoms with Crippen molar-refractivity contribution in [3.63, 3.8) is 0 Å². The first kappa shape index (κ1) is 13.1. The second-order valence-corrected chi connectivity index (χ2v) is 4.95. The Kier molecular flexibility index (Phi) is 3.72. The zero-order valence-corrected chi connectivity index (χ0v) is 11.4. The molecule has 18 heavy (non-hydrogen) atoms. The van der Waals surface area contributed by atoms with Gasteiger partial charge in [-0.2, -0.15) is 0 Å². The Balaban J connectivity index is 0.000000574. The fraction of sp³-hybridized carbons (Fsp3) is 0.412. The van der Waals surface area contributed by atoms with Gasteiger partial charge >= 0.3 is 0 Å². The van der Waals surface area contributed by atoms with Gasteiger partial charge in [0.15, 0.2) is 0 Å². The molecular weight excluding hydrogens is 220 g/mol. The number of aliphatic hydroxyl groups is 1. The van der Waals surface area contributed by atoms with Gasteiger partial charge in [0.2, 0.25) is 0 Å². The molecule has 0 spiro atoms. The molecule has 1 aromatic carbocycles. The Morgan fingerprint density at radius 3 is 2.44 bits per heavy atom. The molecule has 3 unspecified atom stereocenters. The maximum absolute atomic E-state index is 9.66.